The van der Waals surface area contributed by atoms with Gasteiger partial charge in [0, 0.05) is 18.1 Å². The summed E-state index contributed by atoms with van der Waals surface area (Å²) >= 11 is 0. The van der Waals surface area contributed by atoms with Crippen LogP contribution in [0.5, 0.6) is 0 Å². The van der Waals surface area contributed by atoms with Crippen LogP contribution < -0.4 is 0 Å². The van der Waals surface area contributed by atoms with Gasteiger partial charge in [-0.15, -0.1) is 0 Å². The summed E-state index contributed by atoms with van der Waals surface area (Å²) in [6.07, 6.45) is 2.78. The van der Waals surface area contributed by atoms with Gasteiger partial charge in [-0.25, -0.2) is 0 Å². The predicted octanol–water partition coefficient (Wildman–Crippen LogP) is 2.91. The monoisotopic (exact) mass is 169 g/mol. The second-order valence-electron chi connectivity index (χ2n) is 5.35. The van der Waals surface area contributed by atoms with Crippen LogP contribution in [0.2, 0.25) is 0 Å². The molecule has 1 aliphatic rings. The lowest BCUT2D eigenvalue weighted by Gasteiger charge is -2.45. The zero-order valence-electron chi connectivity index (χ0n) is 9.22. The Labute approximate surface area is 77.1 Å². The third kappa shape index (κ3) is 2.22. The van der Waals surface area contributed by atoms with Crippen molar-refractivity contribution >= 4 is 0 Å². The molecule has 1 nitrogen and oxygen atoms in total. The molecule has 2 atom stereocenters. The molecule has 0 unspecified atom stereocenters. The van der Waals surface area contributed by atoms with Crippen LogP contribution in [0.15, 0.2) is 0 Å². The highest BCUT2D eigenvalue weighted by atomic mass is 15.2. The van der Waals surface area contributed by atoms with Crippen LogP contribution in [0.1, 0.15) is 47.5 Å². The molecule has 0 aliphatic carbocycles. The Balaban J connectivity index is 2.61. The van der Waals surface area contributed by atoms with E-state index < -0.39 is 0 Å². The number of rotatable bonds is 0. The standard InChI is InChI=1S/C11H23N/c1-9-6-7-10(2)12(8-9)11(3,4)5/h9-10H,6-8H2,1-5H3/t9-,10+/m0/s1. The van der Waals surface area contributed by atoms with Gasteiger partial charge in [-0.3, -0.25) is 4.90 Å². The lowest BCUT2D eigenvalue weighted by atomic mass is 9.90. The molecule has 0 radical (unpaired) electrons. The maximum Gasteiger partial charge on any atom is 0.0127 e. The van der Waals surface area contributed by atoms with Gasteiger partial charge in [0.2, 0.25) is 0 Å². The molecule has 1 heteroatoms. The molecule has 1 aliphatic heterocycles. The summed E-state index contributed by atoms with van der Waals surface area (Å²) in [5, 5.41) is 0. The largest absolute Gasteiger partial charge is 0.296 e. The summed E-state index contributed by atoms with van der Waals surface area (Å²) in [6.45, 7) is 13.0. The molecule has 0 amide bonds. The molecule has 1 fully saturated rings. The molecule has 1 rings (SSSR count). The van der Waals surface area contributed by atoms with E-state index in [4.69, 9.17) is 0 Å². The van der Waals surface area contributed by atoms with Gasteiger partial charge >= 0.3 is 0 Å². The van der Waals surface area contributed by atoms with Crippen molar-refractivity contribution in [1.29, 1.82) is 0 Å². The molecule has 0 saturated carbocycles. The molecule has 0 aromatic rings. The summed E-state index contributed by atoms with van der Waals surface area (Å²) in [5.41, 5.74) is 0.355. The van der Waals surface area contributed by atoms with Crippen molar-refractivity contribution in [3.05, 3.63) is 0 Å². The van der Waals surface area contributed by atoms with Gasteiger partial charge in [-0.2, -0.15) is 0 Å². The Morgan fingerprint density at radius 2 is 1.67 bits per heavy atom. The molecule has 0 N–H and O–H groups in total. The average Bonchev–Trinajstić information content (AvgIpc) is 1.92. The average molecular weight is 169 g/mol. The summed E-state index contributed by atoms with van der Waals surface area (Å²) < 4.78 is 0. The molecule has 72 valence electrons. The first-order chi connectivity index (χ1) is 5.41. The fourth-order valence-corrected chi connectivity index (χ4v) is 2.22. The SMILES string of the molecule is C[C@H]1CC[C@@H](C)N(C(C)(C)C)C1. The molecule has 1 heterocycles. The van der Waals surface area contributed by atoms with E-state index in [1.807, 2.05) is 0 Å². The van der Waals surface area contributed by atoms with Crippen molar-refractivity contribution < 1.29 is 0 Å². The maximum absolute atomic E-state index is 2.64. The molecule has 12 heavy (non-hydrogen) atoms. The third-order valence-corrected chi connectivity index (χ3v) is 2.98. The van der Waals surface area contributed by atoms with Crippen LogP contribution in [0.4, 0.5) is 0 Å². The third-order valence-electron chi connectivity index (χ3n) is 2.98. The minimum absolute atomic E-state index is 0.355. The smallest absolute Gasteiger partial charge is 0.0127 e. The van der Waals surface area contributed by atoms with E-state index in [-0.39, 0.29) is 0 Å². The van der Waals surface area contributed by atoms with Crippen LogP contribution in [-0.2, 0) is 0 Å². The molecule has 0 aromatic carbocycles. The van der Waals surface area contributed by atoms with E-state index in [0.29, 0.717) is 5.54 Å². The van der Waals surface area contributed by atoms with E-state index in [2.05, 4.69) is 39.5 Å². The number of nitrogens with zero attached hydrogens (tertiary/aromatic N) is 1. The highest BCUT2D eigenvalue weighted by Crippen LogP contribution is 2.27. The number of piperidine rings is 1. The second-order valence-corrected chi connectivity index (χ2v) is 5.35. The first-order valence-electron chi connectivity index (χ1n) is 5.18. The minimum Gasteiger partial charge on any atom is -0.296 e. The fraction of sp³-hybridized carbons (Fsp3) is 1.00. The van der Waals surface area contributed by atoms with E-state index >= 15 is 0 Å². The highest BCUT2D eigenvalue weighted by molar-refractivity contribution is 4.85. The summed E-state index contributed by atoms with van der Waals surface area (Å²) in [5.74, 6) is 0.889. The van der Waals surface area contributed by atoms with Crippen LogP contribution in [0.25, 0.3) is 0 Å². The predicted molar refractivity (Wildman–Crippen MR) is 54.3 cm³/mol. The van der Waals surface area contributed by atoms with Gasteiger partial charge in [0.25, 0.3) is 0 Å². The fourth-order valence-electron chi connectivity index (χ4n) is 2.22. The van der Waals surface area contributed by atoms with E-state index in [0.717, 1.165) is 12.0 Å². The maximum atomic E-state index is 2.64. The summed E-state index contributed by atoms with van der Waals surface area (Å²) in [4.78, 5) is 2.64. The van der Waals surface area contributed by atoms with E-state index in [9.17, 15) is 0 Å². The molecule has 0 spiro atoms. The van der Waals surface area contributed by atoms with Crippen LogP contribution in [-0.4, -0.2) is 23.0 Å². The Bertz CT molecular complexity index is 146. The van der Waals surface area contributed by atoms with Crippen molar-refractivity contribution in [2.45, 2.75) is 59.0 Å². The lowest BCUT2D eigenvalue weighted by molar-refractivity contribution is 0.0378. The second kappa shape index (κ2) is 3.37. The minimum atomic E-state index is 0.355. The Hall–Kier alpha value is -0.0400. The topological polar surface area (TPSA) is 3.24 Å². The summed E-state index contributed by atoms with van der Waals surface area (Å²) in [6, 6.07) is 0.779. The molecular formula is C11H23N. The number of hydrogen-bond donors (Lipinski definition) is 0. The van der Waals surface area contributed by atoms with E-state index in [1.54, 1.807) is 0 Å². The van der Waals surface area contributed by atoms with Crippen molar-refractivity contribution in [3.8, 4) is 0 Å². The van der Waals surface area contributed by atoms with Crippen molar-refractivity contribution in [2.75, 3.05) is 6.54 Å². The highest BCUT2D eigenvalue weighted by Gasteiger charge is 2.30. The van der Waals surface area contributed by atoms with Gasteiger partial charge in [0.15, 0.2) is 0 Å². The van der Waals surface area contributed by atoms with Gasteiger partial charge in [0.05, 0.1) is 0 Å². The molecule has 0 bridgehead atoms. The summed E-state index contributed by atoms with van der Waals surface area (Å²) in [7, 11) is 0. The van der Waals surface area contributed by atoms with Crippen LogP contribution in [0.3, 0.4) is 0 Å². The first-order valence-corrected chi connectivity index (χ1v) is 5.18. The van der Waals surface area contributed by atoms with Crippen molar-refractivity contribution in [3.63, 3.8) is 0 Å². The van der Waals surface area contributed by atoms with Crippen molar-refractivity contribution in [1.82, 2.24) is 4.90 Å². The van der Waals surface area contributed by atoms with E-state index in [1.165, 1.54) is 19.4 Å². The quantitative estimate of drug-likeness (QED) is 0.539. The normalized spacial score (nSPS) is 33.8. The molecule has 0 aromatic heterocycles. The van der Waals surface area contributed by atoms with Crippen LogP contribution >= 0.6 is 0 Å². The van der Waals surface area contributed by atoms with Gasteiger partial charge in [-0.05, 0) is 46.5 Å². The van der Waals surface area contributed by atoms with Gasteiger partial charge in [-0.1, -0.05) is 6.92 Å². The number of likely N-dealkylation sites (tertiary alicyclic amines) is 1. The molecular weight excluding hydrogens is 146 g/mol. The Morgan fingerprint density at radius 1 is 1.08 bits per heavy atom. The Morgan fingerprint density at radius 3 is 2.08 bits per heavy atom. The van der Waals surface area contributed by atoms with Gasteiger partial charge in [0.1, 0.15) is 0 Å². The van der Waals surface area contributed by atoms with Crippen LogP contribution in [0, 0.1) is 5.92 Å². The lowest BCUT2D eigenvalue weighted by Crippen LogP contribution is -2.51. The van der Waals surface area contributed by atoms with Gasteiger partial charge < -0.3 is 0 Å². The first kappa shape index (κ1) is 10.0. The number of hydrogen-bond acceptors (Lipinski definition) is 1. The zero-order valence-corrected chi connectivity index (χ0v) is 9.22. The molecule has 1 saturated heterocycles. The Kier molecular flexibility index (Phi) is 2.82. The zero-order chi connectivity index (χ0) is 9.35. The van der Waals surface area contributed by atoms with Crippen molar-refractivity contribution in [2.24, 2.45) is 5.92 Å².